The molecule has 4 rings (SSSR count). The Balaban J connectivity index is 1.71. The first-order valence-electron chi connectivity index (χ1n) is 10.7. The van der Waals surface area contributed by atoms with E-state index in [1.54, 1.807) is 24.3 Å². The van der Waals surface area contributed by atoms with Crippen molar-refractivity contribution in [3.05, 3.63) is 41.5 Å². The average Bonchev–Trinajstić information content (AvgIpc) is 2.86. The SMILES string of the molecule is COc1ccc([C@H]2Oc3c(OC)c(O[C@H]4O[C@@H](CO)[C@H](O)[C@H](O)[C@@H]4O)cc(O)c3C(=O)[C@@H]2O)cc1. The molecule has 0 unspecified atom stereocenters. The first-order valence-corrected chi connectivity index (χ1v) is 10.7. The van der Waals surface area contributed by atoms with E-state index in [0.717, 1.165) is 6.07 Å². The van der Waals surface area contributed by atoms with Crippen LogP contribution in [0.2, 0.25) is 0 Å². The van der Waals surface area contributed by atoms with Crippen molar-refractivity contribution in [3.8, 4) is 28.7 Å². The van der Waals surface area contributed by atoms with Gasteiger partial charge in [0.15, 0.2) is 23.7 Å². The molecule has 2 aliphatic rings. The maximum Gasteiger partial charge on any atom is 0.229 e. The van der Waals surface area contributed by atoms with E-state index < -0.39 is 61.1 Å². The summed E-state index contributed by atoms with van der Waals surface area (Å²) in [5.74, 6) is -1.47. The van der Waals surface area contributed by atoms with Gasteiger partial charge in [-0.25, -0.2) is 0 Å². The van der Waals surface area contributed by atoms with Crippen molar-refractivity contribution in [1.82, 2.24) is 0 Å². The summed E-state index contributed by atoms with van der Waals surface area (Å²) in [5.41, 5.74) is 0.111. The standard InChI is InChI=1S/C23H26O12/c1-31-10-5-3-9(4-6-10)20-18(29)16(27)14-11(25)7-12(21(32-2)22(14)35-20)33-23-19(30)17(28)15(26)13(8-24)34-23/h3-7,13,15,17-20,23-26,28-30H,8H2,1-2H3/t13-,15-,17-,18-,19-,20+,23-/m0/s1. The van der Waals surface area contributed by atoms with Crippen LogP contribution in [0.3, 0.4) is 0 Å². The zero-order valence-corrected chi connectivity index (χ0v) is 18.8. The summed E-state index contributed by atoms with van der Waals surface area (Å²) in [6.45, 7) is -0.670. The minimum Gasteiger partial charge on any atom is -0.507 e. The molecule has 2 heterocycles. The molecule has 0 amide bonds. The monoisotopic (exact) mass is 494 g/mol. The van der Waals surface area contributed by atoms with E-state index in [-0.39, 0.29) is 22.8 Å². The maximum absolute atomic E-state index is 13.0. The quantitative estimate of drug-likeness (QED) is 0.296. The number of ketones is 1. The number of aromatic hydroxyl groups is 1. The first kappa shape index (κ1) is 25.0. The van der Waals surface area contributed by atoms with Crippen molar-refractivity contribution in [2.24, 2.45) is 0 Å². The molecule has 190 valence electrons. The minimum atomic E-state index is -1.73. The largest absolute Gasteiger partial charge is 0.507 e. The molecule has 1 saturated heterocycles. The van der Waals surface area contributed by atoms with Gasteiger partial charge in [-0.1, -0.05) is 12.1 Å². The van der Waals surface area contributed by atoms with Crippen LogP contribution < -0.4 is 18.9 Å². The molecule has 2 aromatic carbocycles. The molecule has 0 saturated carbocycles. The van der Waals surface area contributed by atoms with Crippen LogP contribution in [0.15, 0.2) is 30.3 Å². The lowest BCUT2D eigenvalue weighted by Crippen LogP contribution is -2.60. The number of ether oxygens (including phenoxy) is 5. The van der Waals surface area contributed by atoms with E-state index in [1.807, 2.05) is 0 Å². The zero-order chi connectivity index (χ0) is 25.4. The summed E-state index contributed by atoms with van der Waals surface area (Å²) in [6.07, 6.45) is -10.6. The van der Waals surface area contributed by atoms with E-state index in [2.05, 4.69) is 0 Å². The molecule has 0 aliphatic carbocycles. The fraction of sp³-hybridized carbons (Fsp3) is 0.435. The molecule has 0 spiro atoms. The second-order valence-corrected chi connectivity index (χ2v) is 8.07. The molecule has 1 fully saturated rings. The summed E-state index contributed by atoms with van der Waals surface area (Å²) in [7, 11) is 2.74. The summed E-state index contributed by atoms with van der Waals surface area (Å²) < 4.78 is 27.3. The smallest absolute Gasteiger partial charge is 0.229 e. The molecule has 12 nitrogen and oxygen atoms in total. The van der Waals surface area contributed by atoms with Crippen LogP contribution in [0.1, 0.15) is 22.0 Å². The van der Waals surface area contributed by atoms with E-state index in [9.17, 15) is 35.4 Å². The maximum atomic E-state index is 13.0. The second-order valence-electron chi connectivity index (χ2n) is 8.07. The van der Waals surface area contributed by atoms with E-state index in [4.69, 9.17) is 23.7 Å². The number of rotatable bonds is 6. The van der Waals surface area contributed by atoms with Gasteiger partial charge in [0.05, 0.1) is 20.8 Å². The molecule has 12 heteroatoms. The van der Waals surface area contributed by atoms with Crippen molar-refractivity contribution in [2.75, 3.05) is 20.8 Å². The summed E-state index contributed by atoms with van der Waals surface area (Å²) >= 11 is 0. The van der Waals surface area contributed by atoms with E-state index in [0.29, 0.717) is 11.3 Å². The van der Waals surface area contributed by atoms with Gasteiger partial charge in [-0.15, -0.1) is 0 Å². The molecular weight excluding hydrogens is 468 g/mol. The molecule has 0 aromatic heterocycles. The predicted molar refractivity (Wildman–Crippen MR) is 116 cm³/mol. The normalized spacial score (nSPS) is 30.3. The molecule has 6 N–H and O–H groups in total. The van der Waals surface area contributed by atoms with Crippen LogP contribution >= 0.6 is 0 Å². The number of aliphatic hydroxyl groups is 5. The van der Waals surface area contributed by atoms with Gasteiger partial charge in [0, 0.05) is 6.07 Å². The number of fused-ring (bicyclic) bond motifs is 1. The topological polar surface area (TPSA) is 185 Å². The Kier molecular flexibility index (Phi) is 7.03. The Morgan fingerprint density at radius 1 is 0.971 bits per heavy atom. The minimum absolute atomic E-state index is 0.159. The van der Waals surface area contributed by atoms with Gasteiger partial charge in [-0.2, -0.15) is 0 Å². The van der Waals surface area contributed by atoms with Gasteiger partial charge < -0.3 is 54.3 Å². The van der Waals surface area contributed by atoms with Crippen LogP contribution in [0.25, 0.3) is 0 Å². The number of carbonyl (C=O) groups is 1. The van der Waals surface area contributed by atoms with E-state index >= 15 is 0 Å². The van der Waals surface area contributed by atoms with Crippen molar-refractivity contribution < 1.29 is 59.1 Å². The van der Waals surface area contributed by atoms with Gasteiger partial charge in [-0.3, -0.25) is 4.79 Å². The summed E-state index contributed by atoms with van der Waals surface area (Å²) in [6, 6.07) is 7.45. The number of phenolic OH excluding ortho intramolecular Hbond substituents is 1. The number of Topliss-reactive ketones (excluding diaryl/α,β-unsaturated/α-hetero) is 1. The van der Waals surface area contributed by atoms with Gasteiger partial charge in [-0.05, 0) is 17.7 Å². The molecule has 2 aliphatic heterocycles. The Morgan fingerprint density at radius 3 is 2.26 bits per heavy atom. The van der Waals surface area contributed by atoms with Crippen LogP contribution in [-0.2, 0) is 4.74 Å². The summed E-state index contributed by atoms with van der Waals surface area (Å²) in [4.78, 5) is 13.0. The van der Waals surface area contributed by atoms with Crippen molar-refractivity contribution >= 4 is 5.78 Å². The Morgan fingerprint density at radius 2 is 1.66 bits per heavy atom. The molecule has 2 aromatic rings. The molecule has 7 atom stereocenters. The highest BCUT2D eigenvalue weighted by atomic mass is 16.7. The van der Waals surface area contributed by atoms with Gasteiger partial charge in [0.25, 0.3) is 0 Å². The lowest BCUT2D eigenvalue weighted by molar-refractivity contribution is -0.277. The van der Waals surface area contributed by atoms with Crippen LogP contribution in [-0.4, -0.2) is 94.1 Å². The number of phenols is 1. The zero-order valence-electron chi connectivity index (χ0n) is 18.8. The number of benzene rings is 2. The third-order valence-electron chi connectivity index (χ3n) is 5.97. The molecule has 0 radical (unpaired) electrons. The highest BCUT2D eigenvalue weighted by Crippen LogP contribution is 2.50. The first-order chi connectivity index (χ1) is 16.7. The molecular formula is C23H26O12. The Labute approximate surface area is 199 Å². The fourth-order valence-electron chi connectivity index (χ4n) is 4.05. The lowest BCUT2D eigenvalue weighted by atomic mass is 9.92. The van der Waals surface area contributed by atoms with Crippen molar-refractivity contribution in [2.45, 2.75) is 42.9 Å². The highest BCUT2D eigenvalue weighted by Gasteiger charge is 2.46. The molecule has 35 heavy (non-hydrogen) atoms. The number of aliphatic hydroxyl groups excluding tert-OH is 5. The number of hydrogen-bond acceptors (Lipinski definition) is 12. The predicted octanol–water partition coefficient (Wildman–Crippen LogP) is -0.735. The number of carbonyl (C=O) groups excluding carboxylic acids is 1. The van der Waals surface area contributed by atoms with Crippen LogP contribution in [0.5, 0.6) is 28.7 Å². The third kappa shape index (κ3) is 4.35. The number of hydrogen-bond donors (Lipinski definition) is 6. The van der Waals surface area contributed by atoms with Gasteiger partial charge in [0.1, 0.15) is 41.5 Å². The van der Waals surface area contributed by atoms with Crippen LogP contribution in [0, 0.1) is 0 Å². The highest BCUT2D eigenvalue weighted by molar-refractivity contribution is 6.06. The Bertz CT molecular complexity index is 1070. The Hall–Kier alpha value is -3.13. The van der Waals surface area contributed by atoms with Gasteiger partial charge >= 0.3 is 0 Å². The second kappa shape index (κ2) is 9.85. The number of methoxy groups -OCH3 is 2. The summed E-state index contributed by atoms with van der Waals surface area (Å²) in [5, 5.41) is 60.8. The van der Waals surface area contributed by atoms with Crippen LogP contribution in [0.4, 0.5) is 0 Å². The lowest BCUT2D eigenvalue weighted by Gasteiger charge is -2.40. The van der Waals surface area contributed by atoms with E-state index in [1.165, 1.54) is 14.2 Å². The molecule has 0 bridgehead atoms. The fourth-order valence-corrected chi connectivity index (χ4v) is 4.05. The third-order valence-corrected chi connectivity index (χ3v) is 5.97. The van der Waals surface area contributed by atoms with Gasteiger partial charge in [0.2, 0.25) is 17.8 Å². The van der Waals surface area contributed by atoms with Crippen molar-refractivity contribution in [1.29, 1.82) is 0 Å². The van der Waals surface area contributed by atoms with Crippen molar-refractivity contribution in [3.63, 3.8) is 0 Å². The average molecular weight is 494 g/mol.